The molecule has 2 amide bonds. The fourth-order valence-corrected chi connectivity index (χ4v) is 1.39. The molecule has 0 heterocycles. The van der Waals surface area contributed by atoms with E-state index in [1.807, 2.05) is 24.3 Å². The van der Waals surface area contributed by atoms with Crippen LogP contribution in [0.15, 0.2) is 24.3 Å². The Morgan fingerprint density at radius 3 is 2.41 bits per heavy atom. The molecule has 0 unspecified atom stereocenters. The Hall–Kier alpha value is -1.55. The van der Waals surface area contributed by atoms with Crippen molar-refractivity contribution >= 4 is 23.4 Å². The topological polar surface area (TPSA) is 58.2 Å². The van der Waals surface area contributed by atoms with Crippen LogP contribution in [0.3, 0.4) is 0 Å². The third-order valence-electron chi connectivity index (χ3n) is 2.15. The molecule has 0 atom stereocenters. The van der Waals surface area contributed by atoms with Gasteiger partial charge in [0.25, 0.3) is 0 Å². The predicted octanol–water partition coefficient (Wildman–Crippen LogP) is 1.13. The van der Waals surface area contributed by atoms with E-state index in [1.54, 1.807) is 0 Å². The monoisotopic (exact) mass is 254 g/mol. The Kier molecular flexibility index (Phi) is 5.49. The molecule has 0 aliphatic heterocycles. The van der Waals surface area contributed by atoms with Crippen molar-refractivity contribution in [3.8, 4) is 0 Å². The van der Waals surface area contributed by atoms with E-state index < -0.39 is 0 Å². The molecule has 0 aliphatic rings. The van der Waals surface area contributed by atoms with Crippen LogP contribution in [0.2, 0.25) is 5.02 Å². The minimum atomic E-state index is -0.210. The highest BCUT2D eigenvalue weighted by Crippen LogP contribution is 2.09. The van der Waals surface area contributed by atoms with E-state index in [0.717, 1.165) is 12.0 Å². The van der Waals surface area contributed by atoms with Gasteiger partial charge >= 0.3 is 0 Å². The van der Waals surface area contributed by atoms with Crippen molar-refractivity contribution < 1.29 is 9.59 Å². The number of benzene rings is 1. The van der Waals surface area contributed by atoms with Crippen LogP contribution in [0.5, 0.6) is 0 Å². The summed E-state index contributed by atoms with van der Waals surface area (Å²) in [6.45, 7) is 1.94. The lowest BCUT2D eigenvalue weighted by Crippen LogP contribution is -2.36. The zero-order valence-electron chi connectivity index (χ0n) is 9.63. The van der Waals surface area contributed by atoms with E-state index in [1.165, 1.54) is 6.92 Å². The second kappa shape index (κ2) is 6.91. The van der Waals surface area contributed by atoms with Crippen molar-refractivity contribution in [1.29, 1.82) is 0 Å². The Morgan fingerprint density at radius 2 is 1.82 bits per heavy atom. The first-order chi connectivity index (χ1) is 8.08. The van der Waals surface area contributed by atoms with E-state index in [4.69, 9.17) is 11.6 Å². The van der Waals surface area contributed by atoms with E-state index in [-0.39, 0.29) is 18.4 Å². The van der Waals surface area contributed by atoms with Crippen molar-refractivity contribution in [2.24, 2.45) is 0 Å². The average Bonchev–Trinajstić information content (AvgIpc) is 2.29. The molecule has 1 aromatic carbocycles. The molecule has 5 heteroatoms. The first kappa shape index (κ1) is 13.5. The normalized spacial score (nSPS) is 9.76. The van der Waals surface area contributed by atoms with E-state index in [0.29, 0.717) is 11.6 Å². The summed E-state index contributed by atoms with van der Waals surface area (Å²) >= 11 is 5.76. The standard InChI is InChI=1S/C12H15ClN2O2/c1-9(16)15-8-12(17)14-7-6-10-2-4-11(13)5-3-10/h2-5H,6-8H2,1H3,(H,14,17)(H,15,16). The molecule has 4 nitrogen and oxygen atoms in total. The predicted molar refractivity (Wildman–Crippen MR) is 66.8 cm³/mol. The van der Waals surface area contributed by atoms with Gasteiger partial charge in [0.05, 0.1) is 6.54 Å². The second-order valence-corrected chi connectivity index (χ2v) is 4.07. The molecule has 1 rings (SSSR count). The summed E-state index contributed by atoms with van der Waals surface area (Å²) in [6, 6.07) is 7.47. The van der Waals surface area contributed by atoms with Crippen LogP contribution < -0.4 is 10.6 Å². The van der Waals surface area contributed by atoms with E-state index in [2.05, 4.69) is 10.6 Å². The smallest absolute Gasteiger partial charge is 0.239 e. The summed E-state index contributed by atoms with van der Waals surface area (Å²) in [5, 5.41) is 5.85. The fraction of sp³-hybridized carbons (Fsp3) is 0.333. The van der Waals surface area contributed by atoms with Crippen molar-refractivity contribution in [3.05, 3.63) is 34.9 Å². The number of amides is 2. The van der Waals surface area contributed by atoms with E-state index >= 15 is 0 Å². The lowest BCUT2D eigenvalue weighted by molar-refractivity contribution is -0.125. The van der Waals surface area contributed by atoms with E-state index in [9.17, 15) is 9.59 Å². The molecule has 0 fully saturated rings. The number of hydrogen-bond acceptors (Lipinski definition) is 2. The van der Waals surface area contributed by atoms with Crippen molar-refractivity contribution in [1.82, 2.24) is 10.6 Å². The summed E-state index contributed by atoms with van der Waals surface area (Å²) in [6.07, 6.45) is 0.739. The third kappa shape index (κ3) is 5.92. The molecule has 0 bridgehead atoms. The molecule has 0 aliphatic carbocycles. The van der Waals surface area contributed by atoms with Gasteiger partial charge in [-0.25, -0.2) is 0 Å². The molecule has 0 saturated heterocycles. The maximum Gasteiger partial charge on any atom is 0.239 e. The van der Waals surface area contributed by atoms with Crippen molar-refractivity contribution in [2.45, 2.75) is 13.3 Å². The molecule has 1 aromatic rings. The number of rotatable bonds is 5. The van der Waals surface area contributed by atoms with Crippen LogP contribution in [-0.2, 0) is 16.0 Å². The highest BCUT2D eigenvalue weighted by Gasteiger charge is 2.01. The maximum absolute atomic E-state index is 11.2. The highest BCUT2D eigenvalue weighted by molar-refractivity contribution is 6.30. The quantitative estimate of drug-likeness (QED) is 0.828. The first-order valence-corrected chi connectivity index (χ1v) is 5.71. The molecule has 0 saturated carbocycles. The second-order valence-electron chi connectivity index (χ2n) is 3.64. The Bertz CT molecular complexity index is 390. The van der Waals surface area contributed by atoms with Gasteiger partial charge in [-0.2, -0.15) is 0 Å². The Morgan fingerprint density at radius 1 is 1.18 bits per heavy atom. The van der Waals surface area contributed by atoms with Crippen LogP contribution in [-0.4, -0.2) is 24.9 Å². The largest absolute Gasteiger partial charge is 0.354 e. The minimum Gasteiger partial charge on any atom is -0.354 e. The van der Waals surface area contributed by atoms with Gasteiger partial charge in [0.1, 0.15) is 0 Å². The van der Waals surface area contributed by atoms with Gasteiger partial charge in [-0.1, -0.05) is 23.7 Å². The lowest BCUT2D eigenvalue weighted by atomic mass is 10.1. The Balaban J connectivity index is 2.21. The molecule has 2 N–H and O–H groups in total. The van der Waals surface area contributed by atoms with Gasteiger partial charge in [0.15, 0.2) is 0 Å². The number of halogens is 1. The minimum absolute atomic E-state index is 0.0238. The van der Waals surface area contributed by atoms with Crippen molar-refractivity contribution in [3.63, 3.8) is 0 Å². The first-order valence-electron chi connectivity index (χ1n) is 5.33. The van der Waals surface area contributed by atoms with Crippen LogP contribution >= 0.6 is 11.6 Å². The lowest BCUT2D eigenvalue weighted by Gasteiger charge is -2.05. The highest BCUT2D eigenvalue weighted by atomic mass is 35.5. The third-order valence-corrected chi connectivity index (χ3v) is 2.40. The van der Waals surface area contributed by atoms with Crippen LogP contribution in [0.1, 0.15) is 12.5 Å². The molecule has 17 heavy (non-hydrogen) atoms. The van der Waals surface area contributed by atoms with Gasteiger partial charge in [-0.05, 0) is 24.1 Å². The van der Waals surface area contributed by atoms with Gasteiger partial charge in [-0.3, -0.25) is 9.59 Å². The number of carbonyl (C=O) groups is 2. The number of hydrogen-bond donors (Lipinski definition) is 2. The maximum atomic E-state index is 11.2. The summed E-state index contributed by atoms with van der Waals surface area (Å²) in [5.74, 6) is -0.396. The average molecular weight is 255 g/mol. The fourth-order valence-electron chi connectivity index (χ4n) is 1.26. The molecule has 0 radical (unpaired) electrons. The number of nitrogens with one attached hydrogen (secondary N) is 2. The zero-order chi connectivity index (χ0) is 12.7. The van der Waals surface area contributed by atoms with Gasteiger partial charge in [0.2, 0.25) is 11.8 Å². The SMILES string of the molecule is CC(=O)NCC(=O)NCCc1ccc(Cl)cc1. The molecular formula is C12H15ClN2O2. The summed E-state index contributed by atoms with van der Waals surface area (Å²) in [5.41, 5.74) is 1.11. The summed E-state index contributed by atoms with van der Waals surface area (Å²) in [7, 11) is 0. The molecule has 0 aromatic heterocycles. The van der Waals surface area contributed by atoms with Gasteiger partial charge in [-0.15, -0.1) is 0 Å². The number of carbonyl (C=O) groups excluding carboxylic acids is 2. The van der Waals surface area contributed by atoms with Crippen molar-refractivity contribution in [2.75, 3.05) is 13.1 Å². The van der Waals surface area contributed by atoms with Crippen LogP contribution in [0.25, 0.3) is 0 Å². The zero-order valence-corrected chi connectivity index (χ0v) is 10.4. The van der Waals surface area contributed by atoms with Gasteiger partial charge < -0.3 is 10.6 Å². The van der Waals surface area contributed by atoms with Crippen LogP contribution in [0.4, 0.5) is 0 Å². The molecule has 92 valence electrons. The van der Waals surface area contributed by atoms with Gasteiger partial charge in [0, 0.05) is 18.5 Å². The summed E-state index contributed by atoms with van der Waals surface area (Å²) < 4.78 is 0. The summed E-state index contributed by atoms with van der Waals surface area (Å²) in [4.78, 5) is 21.8. The Labute approximate surface area is 105 Å². The molecule has 0 spiro atoms. The molecular weight excluding hydrogens is 240 g/mol. The van der Waals surface area contributed by atoms with Crippen LogP contribution in [0, 0.1) is 0 Å².